The Morgan fingerprint density at radius 3 is 2.15 bits per heavy atom. The molecule has 1 unspecified atom stereocenters. The maximum atomic E-state index is 10.5. The lowest BCUT2D eigenvalue weighted by Gasteiger charge is -2.47. The van der Waals surface area contributed by atoms with Crippen LogP contribution in [0.1, 0.15) is 80.6 Å². The maximum absolute atomic E-state index is 10.5. The molecule has 1 rings (SSSR count). The largest absolute Gasteiger partial charge is 0.367 e. The Balaban J connectivity index is 2.63. The van der Waals surface area contributed by atoms with E-state index in [9.17, 15) is 5.11 Å². The van der Waals surface area contributed by atoms with Gasteiger partial charge in [-0.3, -0.25) is 0 Å². The average molecular weight is 285 g/mol. The van der Waals surface area contributed by atoms with Crippen molar-refractivity contribution in [2.45, 2.75) is 104 Å². The van der Waals surface area contributed by atoms with Crippen molar-refractivity contribution >= 4 is 0 Å². The van der Waals surface area contributed by atoms with E-state index >= 15 is 0 Å². The number of aliphatic hydroxyl groups is 1. The summed E-state index contributed by atoms with van der Waals surface area (Å²) in [6.45, 7) is 15.2. The van der Waals surface area contributed by atoms with Gasteiger partial charge in [-0.05, 0) is 47.0 Å². The third-order valence-corrected chi connectivity index (χ3v) is 4.32. The molecule has 0 amide bonds. The minimum absolute atomic E-state index is 0.0553. The number of ether oxygens (including phenoxy) is 1. The molecule has 20 heavy (non-hydrogen) atoms. The van der Waals surface area contributed by atoms with Crippen LogP contribution in [0.5, 0.6) is 0 Å². The first-order chi connectivity index (χ1) is 8.97. The molecule has 0 aromatic carbocycles. The maximum Gasteiger partial charge on any atom is 0.159 e. The van der Waals surface area contributed by atoms with E-state index in [-0.39, 0.29) is 22.6 Å². The second-order valence-electron chi connectivity index (χ2n) is 8.50. The van der Waals surface area contributed by atoms with Crippen LogP contribution in [0.25, 0.3) is 0 Å². The summed E-state index contributed by atoms with van der Waals surface area (Å²) >= 11 is 0. The molecule has 0 radical (unpaired) electrons. The molecule has 0 aromatic heterocycles. The van der Waals surface area contributed by atoms with Gasteiger partial charge in [-0.25, -0.2) is 0 Å². The van der Waals surface area contributed by atoms with Gasteiger partial charge in [-0.15, -0.1) is 0 Å². The average Bonchev–Trinajstić information content (AvgIpc) is 2.21. The Morgan fingerprint density at radius 2 is 1.70 bits per heavy atom. The van der Waals surface area contributed by atoms with Gasteiger partial charge in [0.25, 0.3) is 0 Å². The van der Waals surface area contributed by atoms with Crippen molar-refractivity contribution in [2.24, 2.45) is 5.41 Å². The Labute approximate surface area is 125 Å². The quantitative estimate of drug-likeness (QED) is 0.728. The molecular weight excluding hydrogens is 250 g/mol. The minimum Gasteiger partial charge on any atom is -0.367 e. The first-order valence-corrected chi connectivity index (χ1v) is 8.10. The number of rotatable bonds is 6. The standard InChI is InChI=1S/C17H35NO2/c1-8-9-10-15(2,3)14(19)20-13-11-16(4,5)18-17(6,7)12-13/h13-14,18-19H,8-12H2,1-7H3. The van der Waals surface area contributed by atoms with Gasteiger partial charge in [0.1, 0.15) is 0 Å². The number of hydrogen-bond acceptors (Lipinski definition) is 3. The zero-order valence-electron chi connectivity index (χ0n) is 14.5. The van der Waals surface area contributed by atoms with Gasteiger partial charge < -0.3 is 15.2 Å². The van der Waals surface area contributed by atoms with Crippen LogP contribution in [-0.2, 0) is 4.74 Å². The van der Waals surface area contributed by atoms with Crippen LogP contribution in [0.15, 0.2) is 0 Å². The van der Waals surface area contributed by atoms with E-state index < -0.39 is 6.29 Å². The molecule has 0 aromatic rings. The van der Waals surface area contributed by atoms with Crippen molar-refractivity contribution in [3.8, 4) is 0 Å². The van der Waals surface area contributed by atoms with Crippen LogP contribution in [0.2, 0.25) is 0 Å². The topological polar surface area (TPSA) is 41.5 Å². The molecule has 1 atom stereocenters. The zero-order chi connectivity index (χ0) is 15.6. The number of aliphatic hydroxyl groups excluding tert-OH is 1. The SMILES string of the molecule is CCCCC(C)(C)C(O)OC1CC(C)(C)NC(C)(C)C1. The lowest BCUT2D eigenvalue weighted by atomic mass is 9.80. The van der Waals surface area contributed by atoms with Gasteiger partial charge in [0.05, 0.1) is 6.10 Å². The highest BCUT2D eigenvalue weighted by atomic mass is 16.6. The lowest BCUT2D eigenvalue weighted by Crippen LogP contribution is -2.60. The molecule has 120 valence electrons. The highest BCUT2D eigenvalue weighted by Crippen LogP contribution is 2.35. The normalized spacial score (nSPS) is 24.6. The van der Waals surface area contributed by atoms with E-state index in [4.69, 9.17) is 4.74 Å². The van der Waals surface area contributed by atoms with Crippen LogP contribution in [-0.4, -0.2) is 28.6 Å². The Bertz CT molecular complexity index is 294. The summed E-state index contributed by atoms with van der Waals surface area (Å²) < 4.78 is 6.04. The molecule has 0 saturated carbocycles. The fraction of sp³-hybridized carbons (Fsp3) is 1.00. The summed E-state index contributed by atoms with van der Waals surface area (Å²) in [6, 6.07) is 0. The molecule has 1 aliphatic rings. The monoisotopic (exact) mass is 285 g/mol. The third-order valence-electron chi connectivity index (χ3n) is 4.32. The molecule has 1 fully saturated rings. The summed E-state index contributed by atoms with van der Waals surface area (Å²) in [5, 5.41) is 14.1. The smallest absolute Gasteiger partial charge is 0.159 e. The molecule has 0 bridgehead atoms. The van der Waals surface area contributed by atoms with Gasteiger partial charge >= 0.3 is 0 Å². The highest BCUT2D eigenvalue weighted by Gasteiger charge is 2.40. The molecule has 1 heterocycles. The molecule has 0 spiro atoms. The van der Waals surface area contributed by atoms with Crippen molar-refractivity contribution in [1.82, 2.24) is 5.32 Å². The van der Waals surface area contributed by atoms with Gasteiger partial charge in [0.15, 0.2) is 6.29 Å². The Morgan fingerprint density at radius 1 is 1.20 bits per heavy atom. The summed E-state index contributed by atoms with van der Waals surface area (Å²) in [5.74, 6) is 0. The van der Waals surface area contributed by atoms with Crippen molar-refractivity contribution < 1.29 is 9.84 Å². The highest BCUT2D eigenvalue weighted by molar-refractivity contribution is 4.97. The van der Waals surface area contributed by atoms with E-state index in [1.807, 2.05) is 0 Å². The molecule has 1 saturated heterocycles. The summed E-state index contributed by atoms with van der Waals surface area (Å²) in [5.41, 5.74) is -0.0609. The number of nitrogens with one attached hydrogen (secondary N) is 1. The molecule has 3 nitrogen and oxygen atoms in total. The van der Waals surface area contributed by atoms with Crippen molar-refractivity contribution in [1.29, 1.82) is 0 Å². The molecular formula is C17H35NO2. The van der Waals surface area contributed by atoms with Crippen LogP contribution < -0.4 is 5.32 Å². The van der Waals surface area contributed by atoms with E-state index in [2.05, 4.69) is 53.8 Å². The zero-order valence-corrected chi connectivity index (χ0v) is 14.5. The first kappa shape index (κ1) is 17.9. The molecule has 2 N–H and O–H groups in total. The summed E-state index contributed by atoms with van der Waals surface area (Å²) in [6.07, 6.45) is 4.62. The van der Waals surface area contributed by atoms with E-state index in [1.165, 1.54) is 0 Å². The summed E-state index contributed by atoms with van der Waals surface area (Å²) in [4.78, 5) is 0. The Hall–Kier alpha value is -0.120. The second kappa shape index (κ2) is 6.33. The van der Waals surface area contributed by atoms with Crippen molar-refractivity contribution in [2.75, 3.05) is 0 Å². The fourth-order valence-corrected chi connectivity index (χ4v) is 3.45. The van der Waals surface area contributed by atoms with E-state index in [1.54, 1.807) is 0 Å². The molecule has 1 aliphatic heterocycles. The van der Waals surface area contributed by atoms with Crippen LogP contribution >= 0.6 is 0 Å². The fourth-order valence-electron chi connectivity index (χ4n) is 3.45. The lowest BCUT2D eigenvalue weighted by molar-refractivity contribution is -0.208. The summed E-state index contributed by atoms with van der Waals surface area (Å²) in [7, 11) is 0. The van der Waals surface area contributed by atoms with E-state index in [0.717, 1.165) is 32.1 Å². The van der Waals surface area contributed by atoms with Crippen molar-refractivity contribution in [3.05, 3.63) is 0 Å². The van der Waals surface area contributed by atoms with Gasteiger partial charge in [0, 0.05) is 16.5 Å². The molecule has 3 heteroatoms. The Kier molecular flexibility index (Phi) is 5.67. The van der Waals surface area contributed by atoms with Crippen LogP contribution in [0.3, 0.4) is 0 Å². The molecule has 0 aliphatic carbocycles. The first-order valence-electron chi connectivity index (χ1n) is 8.10. The van der Waals surface area contributed by atoms with Crippen molar-refractivity contribution in [3.63, 3.8) is 0 Å². The van der Waals surface area contributed by atoms with Gasteiger partial charge in [0.2, 0.25) is 0 Å². The van der Waals surface area contributed by atoms with E-state index in [0.29, 0.717) is 0 Å². The van der Waals surface area contributed by atoms with Crippen LogP contribution in [0.4, 0.5) is 0 Å². The van der Waals surface area contributed by atoms with Gasteiger partial charge in [-0.1, -0.05) is 33.6 Å². The third kappa shape index (κ3) is 5.34. The van der Waals surface area contributed by atoms with Crippen LogP contribution in [0, 0.1) is 5.41 Å². The minimum atomic E-state index is -0.677. The second-order valence-corrected chi connectivity index (χ2v) is 8.50. The number of piperidine rings is 1. The van der Waals surface area contributed by atoms with Gasteiger partial charge in [-0.2, -0.15) is 0 Å². The predicted molar refractivity (Wildman–Crippen MR) is 84.7 cm³/mol. The number of hydrogen-bond donors (Lipinski definition) is 2. The number of unbranched alkanes of at least 4 members (excludes halogenated alkanes) is 1. The predicted octanol–water partition coefficient (Wildman–Crippen LogP) is 3.85.